The van der Waals surface area contributed by atoms with Crippen molar-refractivity contribution in [3.05, 3.63) is 0 Å². The number of carbonyl (C=O) groups is 1. The average Bonchev–Trinajstić information content (AvgIpc) is 3.06. The molecule has 168 valence electrons. The third-order valence-corrected chi connectivity index (χ3v) is 9.39. The smallest absolute Gasteiger partial charge is 0.146 e. The van der Waals surface area contributed by atoms with Crippen molar-refractivity contribution in [3.63, 3.8) is 0 Å². The van der Waals surface area contributed by atoms with E-state index < -0.39 is 0 Å². The molecular weight excluding hydrogens is 364 g/mol. The molecule has 29 heavy (non-hydrogen) atoms. The lowest BCUT2D eigenvalue weighted by Gasteiger charge is -2.62. The molecule has 0 aromatic heterocycles. The van der Waals surface area contributed by atoms with Crippen molar-refractivity contribution in [2.75, 3.05) is 21.0 Å². The Morgan fingerprint density at radius 2 is 1.76 bits per heavy atom. The number of carbonyl (C=O) groups excluding carboxylic acids is 1. The van der Waals surface area contributed by atoms with E-state index in [1.807, 2.05) is 7.11 Å². The van der Waals surface area contributed by atoms with Gasteiger partial charge in [0.05, 0.1) is 12.2 Å². The van der Waals surface area contributed by atoms with Gasteiger partial charge in [0.15, 0.2) is 0 Å². The Labute approximate surface area is 178 Å². The fourth-order valence-electron chi connectivity index (χ4n) is 7.97. The number of hydrogen-bond donors (Lipinski definition) is 0. The molecule has 0 heterocycles. The van der Waals surface area contributed by atoms with Gasteiger partial charge in [-0.1, -0.05) is 41.5 Å². The van der Waals surface area contributed by atoms with E-state index >= 15 is 0 Å². The van der Waals surface area contributed by atoms with E-state index in [1.165, 1.54) is 0 Å². The molecule has 3 saturated carbocycles. The first-order valence-corrected chi connectivity index (χ1v) is 11.7. The van der Waals surface area contributed by atoms with E-state index in [2.05, 4.69) is 41.5 Å². The summed E-state index contributed by atoms with van der Waals surface area (Å²) in [6.45, 7) is 14.0. The molecule has 3 aliphatic carbocycles. The minimum atomic E-state index is -0.354. The lowest BCUT2D eigenvalue weighted by molar-refractivity contribution is -0.220. The van der Waals surface area contributed by atoms with Crippen LogP contribution in [0.4, 0.5) is 0 Å². The highest BCUT2D eigenvalue weighted by Gasteiger charge is 2.68. The second kappa shape index (κ2) is 8.24. The van der Waals surface area contributed by atoms with Gasteiger partial charge < -0.3 is 14.2 Å². The fraction of sp³-hybridized carbons (Fsp3) is 0.960. The second-order valence-corrected chi connectivity index (χ2v) is 11.3. The van der Waals surface area contributed by atoms with Crippen molar-refractivity contribution in [2.24, 2.45) is 39.9 Å². The summed E-state index contributed by atoms with van der Waals surface area (Å²) in [5.74, 6) is 1.89. The van der Waals surface area contributed by atoms with Crippen LogP contribution in [0.15, 0.2) is 0 Å². The maximum atomic E-state index is 14.1. The molecular formula is C25H44O4. The summed E-state index contributed by atoms with van der Waals surface area (Å²) in [4.78, 5) is 14.1. The molecule has 4 nitrogen and oxygen atoms in total. The number of ether oxygens (including phenoxy) is 3. The first-order valence-electron chi connectivity index (χ1n) is 11.7. The van der Waals surface area contributed by atoms with Gasteiger partial charge in [-0.25, -0.2) is 0 Å². The Morgan fingerprint density at radius 1 is 1.10 bits per heavy atom. The van der Waals surface area contributed by atoms with Gasteiger partial charge in [-0.3, -0.25) is 4.79 Å². The van der Waals surface area contributed by atoms with E-state index in [0.29, 0.717) is 23.5 Å². The van der Waals surface area contributed by atoms with Crippen LogP contribution in [0.5, 0.6) is 0 Å². The molecule has 2 bridgehead atoms. The largest absolute Gasteiger partial charge is 0.381 e. The van der Waals surface area contributed by atoms with Gasteiger partial charge in [0, 0.05) is 31.0 Å². The van der Waals surface area contributed by atoms with Crippen LogP contribution in [0.1, 0.15) is 80.1 Å². The number of rotatable bonds is 6. The second-order valence-electron chi connectivity index (χ2n) is 11.3. The van der Waals surface area contributed by atoms with Gasteiger partial charge in [-0.2, -0.15) is 0 Å². The average molecular weight is 409 g/mol. The highest BCUT2D eigenvalue weighted by atomic mass is 16.7. The number of ketones is 1. The molecule has 0 spiro atoms. The molecule has 3 fully saturated rings. The number of Topliss-reactive ketones (excluding diaryl/α,β-unsaturated/α-hetero) is 1. The maximum Gasteiger partial charge on any atom is 0.146 e. The van der Waals surface area contributed by atoms with Gasteiger partial charge in [0.25, 0.3) is 0 Å². The van der Waals surface area contributed by atoms with Gasteiger partial charge in [0.1, 0.15) is 12.6 Å². The van der Waals surface area contributed by atoms with Crippen LogP contribution in [0.3, 0.4) is 0 Å². The fourth-order valence-corrected chi connectivity index (χ4v) is 7.97. The summed E-state index contributed by atoms with van der Waals surface area (Å²) in [6, 6.07) is 0. The van der Waals surface area contributed by atoms with Crippen LogP contribution < -0.4 is 0 Å². The monoisotopic (exact) mass is 408 g/mol. The summed E-state index contributed by atoms with van der Waals surface area (Å²) in [5, 5.41) is 0. The standard InChI is InChI=1S/C25H44O4/c1-16(2)13-23(5)14-20(29-15-27-7)24(6)17(3)9-11-25(18(4)22(23)26)12-10-19(28-8)21(24)25/h16-21H,9-15H2,1-8H3/t17-,18+,19?,20-,21?,23-,24+,25?/m1/s1. The third-order valence-electron chi connectivity index (χ3n) is 9.39. The first-order chi connectivity index (χ1) is 13.6. The number of methoxy groups -OCH3 is 2. The predicted molar refractivity (Wildman–Crippen MR) is 116 cm³/mol. The molecule has 0 saturated heterocycles. The Kier molecular flexibility index (Phi) is 6.60. The Balaban J connectivity index is 2.17. The van der Waals surface area contributed by atoms with E-state index in [0.717, 1.165) is 38.5 Å². The summed E-state index contributed by atoms with van der Waals surface area (Å²) in [6.07, 6.45) is 6.35. The normalized spacial score (nSPS) is 47.8. The van der Waals surface area contributed by atoms with Crippen LogP contribution in [0.25, 0.3) is 0 Å². The third kappa shape index (κ3) is 3.51. The molecule has 8 atom stereocenters. The van der Waals surface area contributed by atoms with Gasteiger partial charge in [-0.15, -0.1) is 0 Å². The minimum Gasteiger partial charge on any atom is -0.381 e. The zero-order valence-electron chi connectivity index (χ0n) is 20.0. The van der Waals surface area contributed by atoms with E-state index in [-0.39, 0.29) is 41.2 Å². The van der Waals surface area contributed by atoms with Crippen molar-refractivity contribution in [1.82, 2.24) is 0 Å². The predicted octanol–water partition coefficient (Wildman–Crippen LogP) is 5.48. The molecule has 4 heteroatoms. The van der Waals surface area contributed by atoms with E-state index in [1.54, 1.807) is 7.11 Å². The van der Waals surface area contributed by atoms with Crippen LogP contribution >= 0.6 is 0 Å². The highest BCUT2D eigenvalue weighted by Crippen LogP contribution is 2.69. The van der Waals surface area contributed by atoms with Gasteiger partial charge >= 0.3 is 0 Å². The van der Waals surface area contributed by atoms with Crippen molar-refractivity contribution < 1.29 is 19.0 Å². The van der Waals surface area contributed by atoms with Crippen LogP contribution in [0.2, 0.25) is 0 Å². The Hall–Kier alpha value is -0.450. The zero-order valence-corrected chi connectivity index (χ0v) is 20.0. The Bertz CT molecular complexity index is 604. The topological polar surface area (TPSA) is 44.8 Å². The zero-order chi connectivity index (χ0) is 21.6. The van der Waals surface area contributed by atoms with Crippen LogP contribution in [-0.2, 0) is 19.0 Å². The highest BCUT2D eigenvalue weighted by molar-refractivity contribution is 5.87. The number of hydrogen-bond acceptors (Lipinski definition) is 4. The quantitative estimate of drug-likeness (QED) is 0.546. The molecule has 3 unspecified atom stereocenters. The molecule has 0 aromatic rings. The van der Waals surface area contributed by atoms with E-state index in [9.17, 15) is 4.79 Å². The van der Waals surface area contributed by atoms with Crippen LogP contribution in [-0.4, -0.2) is 39.0 Å². The van der Waals surface area contributed by atoms with Gasteiger partial charge in [0.2, 0.25) is 0 Å². The van der Waals surface area contributed by atoms with Crippen LogP contribution in [0, 0.1) is 39.9 Å². The molecule has 0 amide bonds. The summed E-state index contributed by atoms with van der Waals surface area (Å²) < 4.78 is 17.9. The summed E-state index contributed by atoms with van der Waals surface area (Å²) in [7, 11) is 3.54. The maximum absolute atomic E-state index is 14.1. The molecule has 0 aromatic carbocycles. The molecule has 0 radical (unpaired) electrons. The van der Waals surface area contributed by atoms with Gasteiger partial charge in [-0.05, 0) is 61.7 Å². The molecule has 3 rings (SSSR count). The lowest BCUT2D eigenvalue weighted by atomic mass is 9.43. The SMILES string of the molecule is COCO[C@@H]1C[C@@](C)(CC(C)C)C(=O)[C@H](C)C23CCC(OC)C2[C@@]1(C)[C@H](C)CC3. The molecule has 3 aliphatic rings. The van der Waals surface area contributed by atoms with Crippen molar-refractivity contribution in [2.45, 2.75) is 92.3 Å². The molecule has 0 aliphatic heterocycles. The molecule has 0 N–H and O–H groups in total. The summed E-state index contributed by atoms with van der Waals surface area (Å²) >= 11 is 0. The van der Waals surface area contributed by atoms with Crippen molar-refractivity contribution in [3.8, 4) is 0 Å². The Morgan fingerprint density at radius 3 is 2.34 bits per heavy atom. The minimum absolute atomic E-state index is 0.00178. The van der Waals surface area contributed by atoms with Crippen molar-refractivity contribution in [1.29, 1.82) is 0 Å². The van der Waals surface area contributed by atoms with E-state index in [4.69, 9.17) is 14.2 Å². The summed E-state index contributed by atoms with van der Waals surface area (Å²) in [5.41, 5.74) is -0.346. The van der Waals surface area contributed by atoms with Crippen molar-refractivity contribution >= 4 is 5.78 Å². The lowest BCUT2D eigenvalue weighted by Crippen LogP contribution is -2.63. The first kappa shape index (κ1) is 23.2.